The van der Waals surface area contributed by atoms with Gasteiger partial charge >= 0.3 is 0 Å². The average molecular weight is 638 g/mol. The van der Waals surface area contributed by atoms with Gasteiger partial charge in [-0.25, -0.2) is 0 Å². The molecule has 0 spiro atoms. The molecule has 50 heavy (non-hydrogen) atoms. The molecule has 0 aromatic heterocycles. The number of anilines is 3. The Bertz CT molecular complexity index is 2780. The van der Waals surface area contributed by atoms with E-state index in [1.807, 2.05) is 0 Å². The minimum atomic E-state index is -0.0908. The minimum Gasteiger partial charge on any atom is -0.310 e. The molecule has 0 heterocycles. The van der Waals surface area contributed by atoms with Crippen LogP contribution in [0.5, 0.6) is 0 Å². The highest BCUT2D eigenvalue weighted by Gasteiger charge is 2.35. The molecular formula is C49H35N. The maximum atomic E-state index is 2.44. The highest BCUT2D eigenvalue weighted by atomic mass is 15.1. The molecule has 0 N–H and O–H groups in total. The fourth-order valence-corrected chi connectivity index (χ4v) is 8.49. The number of nitrogens with zero attached hydrogens (tertiary/aromatic N) is 1. The van der Waals surface area contributed by atoms with Crippen molar-refractivity contribution in [1.29, 1.82) is 0 Å². The van der Waals surface area contributed by atoms with Crippen LogP contribution in [-0.4, -0.2) is 0 Å². The zero-order valence-corrected chi connectivity index (χ0v) is 28.2. The lowest BCUT2D eigenvalue weighted by Gasteiger charge is -2.28. The van der Waals surface area contributed by atoms with E-state index < -0.39 is 0 Å². The summed E-state index contributed by atoms with van der Waals surface area (Å²) in [6.07, 6.45) is 0. The molecular weight excluding hydrogens is 603 g/mol. The number of rotatable bonds is 4. The van der Waals surface area contributed by atoms with Gasteiger partial charge in [0.1, 0.15) is 0 Å². The van der Waals surface area contributed by atoms with Crippen LogP contribution in [0.2, 0.25) is 0 Å². The number of fused-ring (bicyclic) bond motifs is 9. The molecule has 0 atom stereocenters. The first-order valence-corrected chi connectivity index (χ1v) is 17.5. The van der Waals surface area contributed by atoms with Crippen LogP contribution in [0.15, 0.2) is 176 Å². The quantitative estimate of drug-likeness (QED) is 0.174. The van der Waals surface area contributed by atoms with Crippen LogP contribution in [0.3, 0.4) is 0 Å². The highest BCUT2D eigenvalue weighted by molar-refractivity contribution is 6.17. The minimum absolute atomic E-state index is 0.0908. The molecule has 0 aliphatic heterocycles. The second kappa shape index (κ2) is 10.9. The van der Waals surface area contributed by atoms with Crippen LogP contribution in [-0.2, 0) is 5.41 Å². The standard InChI is InChI=1S/C49H35N/c1-49(2)47-17-8-7-15-44(47)45-29-26-38(31-48(45)49)50(36-23-18-34(19-24-36)40-16-9-12-32-10-3-5-13-39(32)40)37-25-20-35-22-27-42-41-14-6-4-11-33(41)21-28-43(42)46(35)30-37/h3-31H,1-2H3. The summed E-state index contributed by atoms with van der Waals surface area (Å²) in [6.45, 7) is 4.72. The van der Waals surface area contributed by atoms with Gasteiger partial charge in [0.05, 0.1) is 0 Å². The first-order chi connectivity index (χ1) is 24.5. The maximum Gasteiger partial charge on any atom is 0.0468 e. The third-order valence-corrected chi connectivity index (χ3v) is 11.0. The Morgan fingerprint density at radius 2 is 0.880 bits per heavy atom. The summed E-state index contributed by atoms with van der Waals surface area (Å²) in [6, 6.07) is 65.0. The zero-order valence-electron chi connectivity index (χ0n) is 28.2. The molecule has 0 saturated carbocycles. The molecule has 10 rings (SSSR count). The Morgan fingerprint density at radius 3 is 1.70 bits per heavy atom. The van der Waals surface area contributed by atoms with Gasteiger partial charge in [0.15, 0.2) is 0 Å². The van der Waals surface area contributed by atoms with E-state index in [-0.39, 0.29) is 5.41 Å². The Kier molecular flexibility index (Phi) is 6.29. The predicted octanol–water partition coefficient (Wildman–Crippen LogP) is 13.7. The summed E-state index contributed by atoms with van der Waals surface area (Å²) in [5, 5.41) is 10.2. The van der Waals surface area contributed by atoms with Gasteiger partial charge in [-0.15, -0.1) is 0 Å². The van der Waals surface area contributed by atoms with Gasteiger partial charge < -0.3 is 4.90 Å². The predicted molar refractivity (Wildman–Crippen MR) is 214 cm³/mol. The van der Waals surface area contributed by atoms with Crippen molar-refractivity contribution in [2.75, 3.05) is 4.90 Å². The van der Waals surface area contributed by atoms with Crippen LogP contribution in [0.1, 0.15) is 25.0 Å². The molecule has 1 aliphatic rings. The van der Waals surface area contributed by atoms with Crippen molar-refractivity contribution in [3.05, 3.63) is 187 Å². The molecule has 1 nitrogen and oxygen atoms in total. The van der Waals surface area contributed by atoms with Crippen molar-refractivity contribution in [2.45, 2.75) is 19.3 Å². The molecule has 1 aliphatic carbocycles. The lowest BCUT2D eigenvalue weighted by molar-refractivity contribution is 0.660. The third kappa shape index (κ3) is 4.33. The van der Waals surface area contributed by atoms with Crippen LogP contribution in [0.4, 0.5) is 17.1 Å². The average Bonchev–Trinajstić information content (AvgIpc) is 3.40. The monoisotopic (exact) mass is 637 g/mol. The van der Waals surface area contributed by atoms with Crippen molar-refractivity contribution in [3.8, 4) is 22.3 Å². The van der Waals surface area contributed by atoms with Gasteiger partial charge in [0, 0.05) is 22.5 Å². The molecule has 0 fully saturated rings. The molecule has 0 unspecified atom stereocenters. The van der Waals surface area contributed by atoms with Crippen molar-refractivity contribution in [2.24, 2.45) is 0 Å². The third-order valence-electron chi connectivity index (χ3n) is 11.0. The Balaban J connectivity index is 1.17. The summed E-state index contributed by atoms with van der Waals surface area (Å²) in [5.74, 6) is 0. The molecule has 0 bridgehead atoms. The van der Waals surface area contributed by atoms with Crippen LogP contribution in [0, 0.1) is 0 Å². The van der Waals surface area contributed by atoms with Crippen molar-refractivity contribution < 1.29 is 0 Å². The summed E-state index contributed by atoms with van der Waals surface area (Å²) < 4.78 is 0. The van der Waals surface area contributed by atoms with Crippen molar-refractivity contribution in [1.82, 2.24) is 0 Å². The fraction of sp³-hybridized carbons (Fsp3) is 0.0612. The van der Waals surface area contributed by atoms with E-state index in [1.54, 1.807) is 0 Å². The second-order valence-corrected chi connectivity index (χ2v) is 14.2. The number of benzene rings is 9. The summed E-state index contributed by atoms with van der Waals surface area (Å²) >= 11 is 0. The molecule has 0 amide bonds. The van der Waals surface area contributed by atoms with Gasteiger partial charge in [0.2, 0.25) is 0 Å². The molecule has 9 aromatic carbocycles. The first-order valence-electron chi connectivity index (χ1n) is 17.5. The second-order valence-electron chi connectivity index (χ2n) is 14.2. The summed E-state index contributed by atoms with van der Waals surface area (Å²) in [4.78, 5) is 2.44. The van der Waals surface area contributed by atoms with E-state index in [0.717, 1.165) is 17.1 Å². The Hall–Kier alpha value is -6.18. The van der Waals surface area contributed by atoms with Crippen LogP contribution in [0.25, 0.3) is 65.3 Å². The summed E-state index contributed by atoms with van der Waals surface area (Å²) in [5.41, 5.74) is 11.2. The first kappa shape index (κ1) is 28.8. The molecule has 1 heteroatoms. The Morgan fingerprint density at radius 1 is 0.340 bits per heavy atom. The van der Waals surface area contributed by atoms with E-state index in [1.165, 1.54) is 76.5 Å². The van der Waals surface area contributed by atoms with Gasteiger partial charge in [-0.1, -0.05) is 153 Å². The molecule has 236 valence electrons. The van der Waals surface area contributed by atoms with E-state index >= 15 is 0 Å². The topological polar surface area (TPSA) is 3.24 Å². The smallest absolute Gasteiger partial charge is 0.0468 e. The van der Waals surface area contributed by atoms with E-state index in [0.29, 0.717) is 0 Å². The fourth-order valence-electron chi connectivity index (χ4n) is 8.49. The van der Waals surface area contributed by atoms with E-state index in [2.05, 4.69) is 195 Å². The maximum absolute atomic E-state index is 2.44. The van der Waals surface area contributed by atoms with Crippen molar-refractivity contribution in [3.63, 3.8) is 0 Å². The lowest BCUT2D eigenvalue weighted by Crippen LogP contribution is -2.16. The van der Waals surface area contributed by atoms with E-state index in [4.69, 9.17) is 0 Å². The molecule has 0 saturated heterocycles. The Labute approximate surface area is 292 Å². The molecule has 0 radical (unpaired) electrons. The van der Waals surface area contributed by atoms with Crippen LogP contribution < -0.4 is 4.90 Å². The van der Waals surface area contributed by atoms with Gasteiger partial charge in [-0.05, 0) is 113 Å². The van der Waals surface area contributed by atoms with Gasteiger partial charge in [0.25, 0.3) is 0 Å². The van der Waals surface area contributed by atoms with Crippen molar-refractivity contribution >= 4 is 60.2 Å². The summed E-state index contributed by atoms with van der Waals surface area (Å²) in [7, 11) is 0. The van der Waals surface area contributed by atoms with E-state index in [9.17, 15) is 0 Å². The zero-order chi connectivity index (χ0) is 33.4. The van der Waals surface area contributed by atoms with Gasteiger partial charge in [-0.2, -0.15) is 0 Å². The highest BCUT2D eigenvalue weighted by Crippen LogP contribution is 2.51. The normalized spacial score (nSPS) is 13.2. The molecule has 9 aromatic rings. The van der Waals surface area contributed by atoms with Crippen LogP contribution >= 0.6 is 0 Å². The lowest BCUT2D eigenvalue weighted by atomic mass is 9.82. The number of hydrogen-bond donors (Lipinski definition) is 0. The number of hydrogen-bond acceptors (Lipinski definition) is 1. The largest absolute Gasteiger partial charge is 0.310 e. The van der Waals surface area contributed by atoms with Gasteiger partial charge in [-0.3, -0.25) is 0 Å². The SMILES string of the molecule is CC1(C)c2ccccc2-c2ccc(N(c3ccc(-c4cccc5ccccc45)cc3)c3ccc4ccc5c6ccccc6ccc5c4c3)cc21.